The van der Waals surface area contributed by atoms with E-state index < -0.39 is 0 Å². The van der Waals surface area contributed by atoms with E-state index in [9.17, 15) is 0 Å². The Morgan fingerprint density at radius 3 is 3.00 bits per heavy atom. The molecule has 1 N–H and O–H groups in total. The summed E-state index contributed by atoms with van der Waals surface area (Å²) in [5.41, 5.74) is 2.38. The van der Waals surface area contributed by atoms with Crippen molar-refractivity contribution in [3.05, 3.63) is 36.2 Å². The van der Waals surface area contributed by atoms with E-state index >= 15 is 0 Å². The topological polar surface area (TPSA) is 24.9 Å². The summed E-state index contributed by atoms with van der Waals surface area (Å²) < 4.78 is 0. The van der Waals surface area contributed by atoms with Crippen LogP contribution >= 0.6 is 0 Å². The van der Waals surface area contributed by atoms with Crippen molar-refractivity contribution in [1.82, 2.24) is 10.3 Å². The number of hydrogen-bond acceptors (Lipinski definition) is 2. The Hall–Kier alpha value is -1.15. The van der Waals surface area contributed by atoms with Crippen LogP contribution in [0.1, 0.15) is 24.1 Å². The summed E-state index contributed by atoms with van der Waals surface area (Å²) in [4.78, 5) is 4.41. The maximum Gasteiger partial charge on any atom is 0.0412 e. The van der Waals surface area contributed by atoms with Gasteiger partial charge < -0.3 is 5.32 Å². The van der Waals surface area contributed by atoms with Crippen molar-refractivity contribution in [3.63, 3.8) is 0 Å². The molecule has 0 atom stereocenters. The molecule has 1 aromatic heterocycles. The third-order valence-electron chi connectivity index (χ3n) is 3.03. The molecular formula is C13H18N2. The number of pyridine rings is 1. The second kappa shape index (κ2) is 5.08. The van der Waals surface area contributed by atoms with Gasteiger partial charge in [-0.3, -0.25) is 4.98 Å². The molecule has 0 aliphatic carbocycles. The van der Waals surface area contributed by atoms with Crippen molar-refractivity contribution < 1.29 is 0 Å². The Balaban J connectivity index is 1.99. The Labute approximate surface area is 91.4 Å². The van der Waals surface area contributed by atoms with Gasteiger partial charge in [0.05, 0.1) is 0 Å². The fraction of sp³-hybridized carbons (Fsp3) is 0.462. The second-order valence-corrected chi connectivity index (χ2v) is 4.18. The molecule has 0 radical (unpaired) electrons. The molecule has 0 saturated carbocycles. The van der Waals surface area contributed by atoms with Crippen LogP contribution in [0.15, 0.2) is 24.9 Å². The molecule has 15 heavy (non-hydrogen) atoms. The zero-order valence-corrected chi connectivity index (χ0v) is 9.08. The van der Waals surface area contributed by atoms with Crippen LogP contribution in [0.4, 0.5) is 0 Å². The zero-order valence-electron chi connectivity index (χ0n) is 9.08. The van der Waals surface area contributed by atoms with Gasteiger partial charge in [0, 0.05) is 11.9 Å². The number of rotatable bonds is 3. The molecule has 0 unspecified atom stereocenters. The van der Waals surface area contributed by atoms with E-state index in [1.807, 2.05) is 18.3 Å². The molecule has 1 aromatic rings. The lowest BCUT2D eigenvalue weighted by Gasteiger charge is -2.22. The van der Waals surface area contributed by atoms with Crippen LogP contribution in [0.5, 0.6) is 0 Å². The Kier molecular flexibility index (Phi) is 3.51. The minimum Gasteiger partial charge on any atom is -0.317 e. The molecule has 0 bridgehead atoms. The number of aromatic nitrogens is 1. The van der Waals surface area contributed by atoms with E-state index in [1.54, 1.807) is 0 Å². The summed E-state index contributed by atoms with van der Waals surface area (Å²) in [5, 5.41) is 3.39. The number of hydrogen-bond donors (Lipinski definition) is 1. The Morgan fingerprint density at radius 2 is 2.27 bits per heavy atom. The van der Waals surface area contributed by atoms with Crippen LogP contribution in [0.3, 0.4) is 0 Å². The van der Waals surface area contributed by atoms with Crippen molar-refractivity contribution in [3.8, 4) is 0 Å². The minimum atomic E-state index is 0.804. The van der Waals surface area contributed by atoms with E-state index in [4.69, 9.17) is 0 Å². The number of piperidine rings is 1. The average Bonchev–Trinajstić information content (AvgIpc) is 2.31. The number of nitrogens with one attached hydrogen (secondary N) is 1. The molecule has 1 saturated heterocycles. The maximum absolute atomic E-state index is 4.41. The molecule has 1 fully saturated rings. The van der Waals surface area contributed by atoms with Crippen LogP contribution in [0, 0.1) is 5.92 Å². The molecule has 2 rings (SSSR count). The van der Waals surface area contributed by atoms with Crippen molar-refractivity contribution in [2.24, 2.45) is 5.92 Å². The van der Waals surface area contributed by atoms with Gasteiger partial charge in [-0.15, -0.1) is 0 Å². The largest absolute Gasteiger partial charge is 0.317 e. The van der Waals surface area contributed by atoms with Gasteiger partial charge in [0.2, 0.25) is 0 Å². The highest BCUT2D eigenvalue weighted by Crippen LogP contribution is 2.17. The van der Waals surface area contributed by atoms with E-state index in [-0.39, 0.29) is 0 Å². The summed E-state index contributed by atoms with van der Waals surface area (Å²) in [7, 11) is 0. The molecular weight excluding hydrogens is 184 g/mol. The van der Waals surface area contributed by atoms with Crippen molar-refractivity contribution in [2.75, 3.05) is 13.1 Å². The molecule has 0 amide bonds. The quantitative estimate of drug-likeness (QED) is 0.813. The van der Waals surface area contributed by atoms with Crippen molar-refractivity contribution in [2.45, 2.75) is 19.3 Å². The minimum absolute atomic E-state index is 0.804. The summed E-state index contributed by atoms with van der Waals surface area (Å²) in [6.45, 7) is 6.10. The van der Waals surface area contributed by atoms with E-state index in [2.05, 4.69) is 22.9 Å². The van der Waals surface area contributed by atoms with Gasteiger partial charge in [-0.05, 0) is 56.0 Å². The van der Waals surface area contributed by atoms with E-state index in [0.29, 0.717) is 0 Å². The van der Waals surface area contributed by atoms with Gasteiger partial charge in [0.1, 0.15) is 0 Å². The summed E-state index contributed by atoms with van der Waals surface area (Å²) in [5.74, 6) is 0.804. The predicted molar refractivity (Wildman–Crippen MR) is 63.6 cm³/mol. The van der Waals surface area contributed by atoms with E-state index in [1.165, 1.54) is 24.1 Å². The van der Waals surface area contributed by atoms with Crippen molar-refractivity contribution in [1.29, 1.82) is 0 Å². The van der Waals surface area contributed by atoms with Gasteiger partial charge in [0.25, 0.3) is 0 Å². The van der Waals surface area contributed by atoms with Gasteiger partial charge >= 0.3 is 0 Å². The molecule has 2 heteroatoms. The molecule has 1 aliphatic heterocycles. The maximum atomic E-state index is 4.41. The first kappa shape index (κ1) is 10.4. The Morgan fingerprint density at radius 1 is 1.47 bits per heavy atom. The normalized spacial score (nSPS) is 17.6. The van der Waals surface area contributed by atoms with Crippen LogP contribution in [-0.2, 0) is 6.42 Å². The Bertz CT molecular complexity index is 327. The molecule has 0 aromatic carbocycles. The number of nitrogens with zero attached hydrogens (tertiary/aromatic N) is 1. The molecule has 2 nitrogen and oxygen atoms in total. The van der Waals surface area contributed by atoms with Crippen LogP contribution in [0.25, 0.3) is 6.08 Å². The highest BCUT2D eigenvalue weighted by atomic mass is 14.9. The lowest BCUT2D eigenvalue weighted by atomic mass is 9.93. The molecule has 2 heterocycles. The smallest absolute Gasteiger partial charge is 0.0412 e. The SMILES string of the molecule is C=Cc1ccnc(CC2CCNCC2)c1. The van der Waals surface area contributed by atoms with Crippen LogP contribution in [0.2, 0.25) is 0 Å². The predicted octanol–water partition coefficient (Wildman–Crippen LogP) is 2.27. The first-order valence-corrected chi connectivity index (χ1v) is 5.66. The lowest BCUT2D eigenvalue weighted by molar-refractivity contribution is 0.370. The van der Waals surface area contributed by atoms with Crippen LogP contribution in [-0.4, -0.2) is 18.1 Å². The van der Waals surface area contributed by atoms with Gasteiger partial charge in [-0.1, -0.05) is 12.7 Å². The van der Waals surface area contributed by atoms with Crippen LogP contribution < -0.4 is 5.32 Å². The molecule has 0 spiro atoms. The standard InChI is InChI=1S/C13H18N2/c1-2-11-5-8-15-13(9-11)10-12-3-6-14-7-4-12/h2,5,8-9,12,14H,1,3-4,6-7,10H2. The monoisotopic (exact) mass is 202 g/mol. The summed E-state index contributed by atoms with van der Waals surface area (Å²) in [6.07, 6.45) is 7.43. The average molecular weight is 202 g/mol. The third kappa shape index (κ3) is 2.90. The van der Waals surface area contributed by atoms with Gasteiger partial charge in [-0.25, -0.2) is 0 Å². The summed E-state index contributed by atoms with van der Waals surface area (Å²) >= 11 is 0. The molecule has 80 valence electrons. The van der Waals surface area contributed by atoms with Crippen molar-refractivity contribution >= 4 is 6.08 Å². The first-order chi connectivity index (χ1) is 7.38. The fourth-order valence-electron chi connectivity index (χ4n) is 2.12. The third-order valence-corrected chi connectivity index (χ3v) is 3.03. The fourth-order valence-corrected chi connectivity index (χ4v) is 2.12. The van der Waals surface area contributed by atoms with E-state index in [0.717, 1.165) is 25.4 Å². The summed E-state index contributed by atoms with van der Waals surface area (Å²) in [6, 6.07) is 4.15. The zero-order chi connectivity index (χ0) is 10.5. The lowest BCUT2D eigenvalue weighted by Crippen LogP contribution is -2.28. The first-order valence-electron chi connectivity index (χ1n) is 5.66. The van der Waals surface area contributed by atoms with Gasteiger partial charge in [0.15, 0.2) is 0 Å². The second-order valence-electron chi connectivity index (χ2n) is 4.18. The highest BCUT2D eigenvalue weighted by molar-refractivity contribution is 5.46. The van der Waals surface area contributed by atoms with Gasteiger partial charge in [-0.2, -0.15) is 0 Å². The molecule has 1 aliphatic rings. The highest BCUT2D eigenvalue weighted by Gasteiger charge is 2.13.